The topological polar surface area (TPSA) is 116 Å². The number of hydrogen-bond acceptors (Lipinski definition) is 7. The molecule has 0 fully saturated rings. The summed E-state index contributed by atoms with van der Waals surface area (Å²) >= 11 is 1.00. The summed E-state index contributed by atoms with van der Waals surface area (Å²) in [5, 5.41) is 10.8. The largest absolute Gasteiger partial charge is 0.384 e. The molecule has 9 heteroatoms. The lowest BCUT2D eigenvalue weighted by Gasteiger charge is -2.02. The second-order valence-electron chi connectivity index (χ2n) is 3.30. The molecule has 1 rings (SSSR count). The summed E-state index contributed by atoms with van der Waals surface area (Å²) in [5.74, 6) is 0.305. The highest BCUT2D eigenvalue weighted by Crippen LogP contribution is 2.27. The van der Waals surface area contributed by atoms with E-state index in [1.54, 1.807) is 0 Å². The number of nitro groups is 1. The molecule has 17 heavy (non-hydrogen) atoms. The van der Waals surface area contributed by atoms with Crippen molar-refractivity contribution in [1.29, 1.82) is 0 Å². The lowest BCUT2D eigenvalue weighted by molar-refractivity contribution is -0.388. The SMILES string of the molecule is CS(=O)(=O)CCSc1nc(N)ccc1[N+](=O)[O-]. The van der Waals surface area contributed by atoms with Crippen LogP contribution < -0.4 is 5.73 Å². The van der Waals surface area contributed by atoms with Crippen LogP contribution in [0.25, 0.3) is 0 Å². The molecule has 1 aromatic rings. The van der Waals surface area contributed by atoms with Crippen LogP contribution >= 0.6 is 11.8 Å². The van der Waals surface area contributed by atoms with Gasteiger partial charge in [0.1, 0.15) is 15.7 Å². The Morgan fingerprint density at radius 1 is 1.53 bits per heavy atom. The molecule has 0 aliphatic carbocycles. The van der Waals surface area contributed by atoms with Gasteiger partial charge in [-0.05, 0) is 6.07 Å². The molecule has 1 aromatic heterocycles. The van der Waals surface area contributed by atoms with Crippen LogP contribution in [0.2, 0.25) is 0 Å². The quantitative estimate of drug-likeness (QED) is 0.478. The van der Waals surface area contributed by atoms with Gasteiger partial charge in [-0.25, -0.2) is 13.4 Å². The van der Waals surface area contributed by atoms with E-state index in [1.165, 1.54) is 12.1 Å². The number of nitrogen functional groups attached to an aromatic ring is 1. The monoisotopic (exact) mass is 277 g/mol. The van der Waals surface area contributed by atoms with Crippen LogP contribution in [0.3, 0.4) is 0 Å². The second-order valence-corrected chi connectivity index (χ2v) is 6.64. The third-order valence-corrected chi connectivity index (χ3v) is 3.94. The van der Waals surface area contributed by atoms with E-state index in [2.05, 4.69) is 4.98 Å². The molecule has 2 N–H and O–H groups in total. The average Bonchev–Trinajstić information content (AvgIpc) is 2.15. The normalized spacial score (nSPS) is 11.4. The number of hydrogen-bond donors (Lipinski definition) is 1. The van der Waals surface area contributed by atoms with Crippen LogP contribution in [0.15, 0.2) is 17.2 Å². The molecule has 0 aliphatic heterocycles. The molecular weight excluding hydrogens is 266 g/mol. The maximum atomic E-state index is 10.9. The summed E-state index contributed by atoms with van der Waals surface area (Å²) in [6.07, 6.45) is 1.11. The highest BCUT2D eigenvalue weighted by molar-refractivity contribution is 8.00. The van der Waals surface area contributed by atoms with Gasteiger partial charge in [0.15, 0.2) is 5.03 Å². The van der Waals surface area contributed by atoms with Crippen molar-refractivity contribution in [3.63, 3.8) is 0 Å². The first kappa shape index (κ1) is 13.7. The van der Waals surface area contributed by atoms with E-state index in [9.17, 15) is 18.5 Å². The number of thioether (sulfide) groups is 1. The van der Waals surface area contributed by atoms with E-state index < -0.39 is 14.8 Å². The zero-order chi connectivity index (χ0) is 13.1. The van der Waals surface area contributed by atoms with Gasteiger partial charge in [-0.3, -0.25) is 10.1 Å². The van der Waals surface area contributed by atoms with Crippen molar-refractivity contribution in [3.05, 3.63) is 22.2 Å². The predicted molar refractivity (Wildman–Crippen MR) is 65.7 cm³/mol. The summed E-state index contributed by atoms with van der Waals surface area (Å²) in [5.41, 5.74) is 5.25. The second kappa shape index (κ2) is 5.32. The van der Waals surface area contributed by atoms with E-state index in [0.29, 0.717) is 0 Å². The zero-order valence-electron chi connectivity index (χ0n) is 8.99. The van der Waals surface area contributed by atoms with E-state index >= 15 is 0 Å². The van der Waals surface area contributed by atoms with Crippen molar-refractivity contribution in [2.24, 2.45) is 0 Å². The van der Waals surface area contributed by atoms with Gasteiger partial charge in [0.05, 0.1) is 10.7 Å². The fourth-order valence-corrected chi connectivity index (χ4v) is 3.18. The highest BCUT2D eigenvalue weighted by Gasteiger charge is 2.16. The van der Waals surface area contributed by atoms with Crippen molar-refractivity contribution in [1.82, 2.24) is 4.98 Å². The van der Waals surface area contributed by atoms with Crippen LogP contribution in [0.1, 0.15) is 0 Å². The van der Waals surface area contributed by atoms with E-state index in [1.807, 2.05) is 0 Å². The molecular formula is C8H11N3O4S2. The number of nitrogens with two attached hydrogens (primary N) is 1. The smallest absolute Gasteiger partial charge is 0.301 e. The molecule has 0 aromatic carbocycles. The Balaban J connectivity index is 2.82. The van der Waals surface area contributed by atoms with Gasteiger partial charge in [-0.1, -0.05) is 11.8 Å². The molecule has 1 heterocycles. The molecule has 0 radical (unpaired) electrons. The Bertz CT molecular complexity index is 530. The standard InChI is InChI=1S/C8H11N3O4S2/c1-17(14,15)5-4-16-8-6(11(12)13)2-3-7(9)10-8/h2-3H,4-5H2,1H3,(H2,9,10). The lowest BCUT2D eigenvalue weighted by atomic mass is 10.4. The molecule has 0 aliphatic rings. The number of sulfone groups is 1. The molecule has 0 saturated carbocycles. The molecule has 0 bridgehead atoms. The van der Waals surface area contributed by atoms with Gasteiger partial charge >= 0.3 is 5.69 Å². The Labute approximate surface area is 102 Å². The summed E-state index contributed by atoms with van der Waals surface area (Å²) in [6, 6.07) is 2.59. The van der Waals surface area contributed by atoms with Crippen LogP contribution in [-0.4, -0.2) is 36.1 Å². The number of nitrogens with zero attached hydrogens (tertiary/aromatic N) is 2. The molecule has 0 saturated heterocycles. The van der Waals surface area contributed by atoms with Crippen molar-refractivity contribution < 1.29 is 13.3 Å². The molecule has 0 spiro atoms. The number of anilines is 1. The fraction of sp³-hybridized carbons (Fsp3) is 0.375. The van der Waals surface area contributed by atoms with Crippen LogP contribution in [0, 0.1) is 10.1 Å². The van der Waals surface area contributed by atoms with E-state index in [-0.39, 0.29) is 28.0 Å². The molecule has 0 amide bonds. The Kier molecular flexibility index (Phi) is 4.29. The molecule has 94 valence electrons. The minimum absolute atomic E-state index is 0.0642. The predicted octanol–water partition coefficient (Wildman–Crippen LogP) is 0.709. The molecule has 0 atom stereocenters. The Morgan fingerprint density at radius 3 is 2.71 bits per heavy atom. The van der Waals surface area contributed by atoms with E-state index in [4.69, 9.17) is 5.73 Å². The first-order chi connectivity index (χ1) is 7.79. The zero-order valence-corrected chi connectivity index (χ0v) is 10.6. The van der Waals surface area contributed by atoms with Gasteiger partial charge in [0.2, 0.25) is 0 Å². The minimum Gasteiger partial charge on any atom is -0.384 e. The summed E-state index contributed by atoms with van der Waals surface area (Å²) in [4.78, 5) is 13.9. The lowest BCUT2D eigenvalue weighted by Crippen LogP contribution is -2.06. The van der Waals surface area contributed by atoms with Gasteiger partial charge in [-0.15, -0.1) is 0 Å². The average molecular weight is 277 g/mol. The first-order valence-electron chi connectivity index (χ1n) is 4.51. The maximum Gasteiger partial charge on any atom is 0.301 e. The Morgan fingerprint density at radius 2 is 2.18 bits per heavy atom. The van der Waals surface area contributed by atoms with Gasteiger partial charge in [0, 0.05) is 18.1 Å². The van der Waals surface area contributed by atoms with E-state index in [0.717, 1.165) is 18.0 Å². The van der Waals surface area contributed by atoms with Crippen molar-refractivity contribution >= 4 is 33.1 Å². The Hall–Kier alpha value is -1.35. The summed E-state index contributed by atoms with van der Waals surface area (Å²) < 4.78 is 21.8. The maximum absolute atomic E-state index is 10.9. The molecule has 7 nitrogen and oxygen atoms in total. The highest BCUT2D eigenvalue weighted by atomic mass is 32.2. The number of rotatable bonds is 5. The van der Waals surface area contributed by atoms with Gasteiger partial charge < -0.3 is 5.73 Å². The van der Waals surface area contributed by atoms with Gasteiger partial charge in [-0.2, -0.15) is 0 Å². The molecule has 0 unspecified atom stereocenters. The number of aromatic nitrogens is 1. The van der Waals surface area contributed by atoms with Crippen molar-refractivity contribution in [2.45, 2.75) is 5.03 Å². The number of pyridine rings is 1. The third kappa shape index (κ3) is 4.57. The van der Waals surface area contributed by atoms with Crippen LogP contribution in [0.5, 0.6) is 0 Å². The third-order valence-electron chi connectivity index (χ3n) is 1.75. The van der Waals surface area contributed by atoms with Gasteiger partial charge in [0.25, 0.3) is 0 Å². The summed E-state index contributed by atoms with van der Waals surface area (Å²) in [6.45, 7) is 0. The fourth-order valence-electron chi connectivity index (χ4n) is 0.982. The van der Waals surface area contributed by atoms with Crippen LogP contribution in [0.4, 0.5) is 11.5 Å². The van der Waals surface area contributed by atoms with Crippen molar-refractivity contribution in [2.75, 3.05) is 23.5 Å². The van der Waals surface area contributed by atoms with Crippen LogP contribution in [-0.2, 0) is 9.84 Å². The summed E-state index contributed by atoms with van der Waals surface area (Å²) in [7, 11) is -3.09. The minimum atomic E-state index is -3.09. The van der Waals surface area contributed by atoms with Crippen molar-refractivity contribution in [3.8, 4) is 0 Å². The first-order valence-corrected chi connectivity index (χ1v) is 7.55.